The molecule has 0 radical (unpaired) electrons. The molecule has 0 saturated carbocycles. The van der Waals surface area contributed by atoms with Gasteiger partial charge in [-0.2, -0.15) is 0 Å². The van der Waals surface area contributed by atoms with Crippen LogP contribution in [-0.2, 0) is 10.0 Å². The molecule has 5 nitrogen and oxygen atoms in total. The van der Waals surface area contributed by atoms with Gasteiger partial charge in [0.1, 0.15) is 0 Å². The summed E-state index contributed by atoms with van der Waals surface area (Å²) in [5.74, 6) is -0.165. The molecule has 0 atom stereocenters. The largest absolute Gasteiger partial charge is 0.352 e. The highest BCUT2D eigenvalue weighted by Gasteiger charge is 2.09. The van der Waals surface area contributed by atoms with Crippen molar-refractivity contribution in [2.45, 2.75) is 13.8 Å². The standard InChI is InChI=1S/C11H16N2O3S/c1-4-12-11(14)9-5-6-10(8(2)7-9)13-17(3,15)16/h5-7,13H,4H2,1-3H3,(H,12,14). The predicted molar refractivity (Wildman–Crippen MR) is 67.7 cm³/mol. The number of amides is 1. The summed E-state index contributed by atoms with van der Waals surface area (Å²) >= 11 is 0. The minimum absolute atomic E-state index is 0.165. The van der Waals surface area contributed by atoms with E-state index in [2.05, 4.69) is 10.0 Å². The molecule has 2 N–H and O–H groups in total. The molecule has 94 valence electrons. The Morgan fingerprint density at radius 1 is 1.35 bits per heavy atom. The third-order valence-electron chi connectivity index (χ3n) is 2.12. The zero-order valence-corrected chi connectivity index (χ0v) is 10.9. The molecule has 0 aliphatic heterocycles. The van der Waals surface area contributed by atoms with Crippen LogP contribution in [0.4, 0.5) is 5.69 Å². The van der Waals surface area contributed by atoms with Gasteiger partial charge in [0.2, 0.25) is 10.0 Å². The maximum atomic E-state index is 11.5. The third-order valence-corrected chi connectivity index (χ3v) is 2.71. The van der Waals surface area contributed by atoms with E-state index >= 15 is 0 Å². The van der Waals surface area contributed by atoms with Gasteiger partial charge in [0.15, 0.2) is 0 Å². The van der Waals surface area contributed by atoms with Gasteiger partial charge in [-0.25, -0.2) is 8.42 Å². The van der Waals surface area contributed by atoms with Gasteiger partial charge < -0.3 is 5.32 Å². The minimum atomic E-state index is -3.29. The summed E-state index contributed by atoms with van der Waals surface area (Å²) in [6, 6.07) is 4.82. The molecule has 0 aliphatic carbocycles. The van der Waals surface area contributed by atoms with Gasteiger partial charge in [0, 0.05) is 12.1 Å². The number of carbonyl (C=O) groups excluding carboxylic acids is 1. The minimum Gasteiger partial charge on any atom is -0.352 e. The Hall–Kier alpha value is -1.56. The van der Waals surface area contributed by atoms with Crippen LogP contribution < -0.4 is 10.0 Å². The van der Waals surface area contributed by atoms with Crippen molar-refractivity contribution >= 4 is 21.6 Å². The van der Waals surface area contributed by atoms with Crippen LogP contribution in [0.3, 0.4) is 0 Å². The molecule has 1 rings (SSSR count). The molecule has 0 saturated heterocycles. The maximum absolute atomic E-state index is 11.5. The molecule has 0 heterocycles. The van der Waals surface area contributed by atoms with Crippen molar-refractivity contribution in [3.05, 3.63) is 29.3 Å². The van der Waals surface area contributed by atoms with Crippen molar-refractivity contribution in [1.82, 2.24) is 5.32 Å². The number of hydrogen-bond donors (Lipinski definition) is 2. The van der Waals surface area contributed by atoms with E-state index in [0.29, 0.717) is 23.4 Å². The maximum Gasteiger partial charge on any atom is 0.251 e. The van der Waals surface area contributed by atoms with E-state index in [0.717, 1.165) is 6.26 Å². The monoisotopic (exact) mass is 256 g/mol. The van der Waals surface area contributed by atoms with Crippen molar-refractivity contribution in [2.75, 3.05) is 17.5 Å². The molecule has 0 bridgehead atoms. The van der Waals surface area contributed by atoms with Gasteiger partial charge in [-0.15, -0.1) is 0 Å². The average molecular weight is 256 g/mol. The van der Waals surface area contributed by atoms with E-state index in [1.807, 2.05) is 6.92 Å². The fourth-order valence-electron chi connectivity index (χ4n) is 1.38. The Morgan fingerprint density at radius 3 is 2.47 bits per heavy atom. The van der Waals surface area contributed by atoms with Crippen LogP contribution in [0.2, 0.25) is 0 Å². The first kappa shape index (κ1) is 13.5. The quantitative estimate of drug-likeness (QED) is 0.847. The van der Waals surface area contributed by atoms with Crippen LogP contribution >= 0.6 is 0 Å². The number of hydrogen-bond acceptors (Lipinski definition) is 3. The number of carbonyl (C=O) groups is 1. The second-order valence-electron chi connectivity index (χ2n) is 3.76. The molecule has 0 spiro atoms. The predicted octanol–water partition coefficient (Wildman–Crippen LogP) is 1.12. The molecule has 6 heteroatoms. The molecule has 0 fully saturated rings. The SMILES string of the molecule is CCNC(=O)c1ccc(NS(C)(=O)=O)c(C)c1. The lowest BCUT2D eigenvalue weighted by atomic mass is 10.1. The Balaban J connectivity index is 2.98. The highest BCUT2D eigenvalue weighted by molar-refractivity contribution is 7.92. The topological polar surface area (TPSA) is 75.3 Å². The summed E-state index contributed by atoms with van der Waals surface area (Å²) in [6.45, 7) is 4.14. The number of rotatable bonds is 4. The first-order valence-electron chi connectivity index (χ1n) is 5.20. The summed E-state index contributed by atoms with van der Waals surface area (Å²) in [4.78, 5) is 11.5. The molecule has 1 aromatic carbocycles. The van der Waals surface area contributed by atoms with Crippen LogP contribution in [0.15, 0.2) is 18.2 Å². The lowest BCUT2D eigenvalue weighted by molar-refractivity contribution is 0.0956. The van der Waals surface area contributed by atoms with Crippen molar-refractivity contribution in [3.8, 4) is 0 Å². The Kier molecular flexibility index (Phi) is 4.11. The summed E-state index contributed by atoms with van der Waals surface area (Å²) in [7, 11) is -3.29. The van der Waals surface area contributed by atoms with Gasteiger partial charge in [-0.1, -0.05) is 0 Å². The number of aryl methyl sites for hydroxylation is 1. The first-order chi connectivity index (χ1) is 7.83. The van der Waals surface area contributed by atoms with Crippen molar-refractivity contribution in [2.24, 2.45) is 0 Å². The van der Waals surface area contributed by atoms with Gasteiger partial charge >= 0.3 is 0 Å². The van der Waals surface area contributed by atoms with Crippen LogP contribution in [-0.4, -0.2) is 27.1 Å². The zero-order valence-electron chi connectivity index (χ0n) is 10.1. The molecular formula is C11H16N2O3S. The fraction of sp³-hybridized carbons (Fsp3) is 0.364. The van der Waals surface area contributed by atoms with E-state index in [9.17, 15) is 13.2 Å². The van der Waals surface area contributed by atoms with E-state index < -0.39 is 10.0 Å². The number of nitrogens with one attached hydrogen (secondary N) is 2. The summed E-state index contributed by atoms with van der Waals surface area (Å²) in [5, 5.41) is 2.68. The smallest absolute Gasteiger partial charge is 0.251 e. The van der Waals surface area contributed by atoms with E-state index in [1.165, 1.54) is 0 Å². The lowest BCUT2D eigenvalue weighted by Gasteiger charge is -2.09. The Bertz CT molecular complexity index is 524. The van der Waals surface area contributed by atoms with Gasteiger partial charge in [-0.05, 0) is 37.6 Å². The number of sulfonamides is 1. The first-order valence-corrected chi connectivity index (χ1v) is 7.09. The number of anilines is 1. The Labute approximate surface area is 101 Å². The fourth-order valence-corrected chi connectivity index (χ4v) is 2.01. The van der Waals surface area contributed by atoms with Crippen molar-refractivity contribution in [3.63, 3.8) is 0 Å². The second-order valence-corrected chi connectivity index (χ2v) is 5.51. The zero-order chi connectivity index (χ0) is 13.1. The lowest BCUT2D eigenvalue weighted by Crippen LogP contribution is -2.22. The highest BCUT2D eigenvalue weighted by Crippen LogP contribution is 2.17. The molecular weight excluding hydrogens is 240 g/mol. The van der Waals surface area contributed by atoms with Crippen LogP contribution in [0, 0.1) is 6.92 Å². The van der Waals surface area contributed by atoms with Crippen LogP contribution in [0.5, 0.6) is 0 Å². The molecule has 1 aromatic rings. The third kappa shape index (κ3) is 4.07. The van der Waals surface area contributed by atoms with Crippen molar-refractivity contribution < 1.29 is 13.2 Å². The molecule has 0 aromatic heterocycles. The summed E-state index contributed by atoms with van der Waals surface area (Å²) in [6.07, 6.45) is 1.09. The number of benzene rings is 1. The van der Waals surface area contributed by atoms with Crippen molar-refractivity contribution in [1.29, 1.82) is 0 Å². The van der Waals surface area contributed by atoms with E-state index in [1.54, 1.807) is 25.1 Å². The van der Waals surface area contributed by atoms with Crippen LogP contribution in [0.25, 0.3) is 0 Å². The summed E-state index contributed by atoms with van der Waals surface area (Å²) in [5.41, 5.74) is 1.71. The molecule has 0 unspecified atom stereocenters. The second kappa shape index (κ2) is 5.18. The van der Waals surface area contributed by atoms with E-state index in [-0.39, 0.29) is 5.91 Å². The van der Waals surface area contributed by atoms with E-state index in [4.69, 9.17) is 0 Å². The highest BCUT2D eigenvalue weighted by atomic mass is 32.2. The van der Waals surface area contributed by atoms with Crippen LogP contribution in [0.1, 0.15) is 22.8 Å². The molecule has 1 amide bonds. The normalized spacial score (nSPS) is 11.0. The molecule has 0 aliphatic rings. The average Bonchev–Trinajstić information content (AvgIpc) is 2.19. The Morgan fingerprint density at radius 2 is 2.00 bits per heavy atom. The summed E-state index contributed by atoms with van der Waals surface area (Å²) < 4.78 is 24.6. The van der Waals surface area contributed by atoms with Gasteiger partial charge in [-0.3, -0.25) is 9.52 Å². The van der Waals surface area contributed by atoms with Gasteiger partial charge in [0.05, 0.1) is 11.9 Å². The van der Waals surface area contributed by atoms with Gasteiger partial charge in [0.25, 0.3) is 5.91 Å². The molecule has 17 heavy (non-hydrogen) atoms.